The Labute approximate surface area is 190 Å². The van der Waals surface area contributed by atoms with Crippen molar-refractivity contribution in [1.82, 2.24) is 4.98 Å². The van der Waals surface area contributed by atoms with Gasteiger partial charge in [0.05, 0.1) is 11.1 Å². The molecule has 164 valence electrons. The number of amides is 3. The van der Waals surface area contributed by atoms with Gasteiger partial charge in [-0.25, -0.2) is 0 Å². The van der Waals surface area contributed by atoms with E-state index in [4.69, 9.17) is 11.5 Å². The van der Waals surface area contributed by atoms with Crippen LogP contribution in [0.5, 0.6) is 0 Å². The van der Waals surface area contributed by atoms with Gasteiger partial charge in [0.1, 0.15) is 0 Å². The molecular formula is C26H22N4O3. The molecule has 3 amide bonds. The summed E-state index contributed by atoms with van der Waals surface area (Å²) in [5.74, 6) is -1.39. The summed E-state index contributed by atoms with van der Waals surface area (Å²) in [5.41, 5.74) is 17.1. The zero-order chi connectivity index (χ0) is 23.7. The highest BCUT2D eigenvalue weighted by atomic mass is 16.2. The molecule has 4 aromatic rings. The van der Waals surface area contributed by atoms with E-state index in [1.54, 1.807) is 24.3 Å². The van der Waals surface area contributed by atoms with Gasteiger partial charge in [0.15, 0.2) is 0 Å². The second kappa shape index (κ2) is 8.47. The third-order valence-corrected chi connectivity index (χ3v) is 5.58. The van der Waals surface area contributed by atoms with Crippen molar-refractivity contribution in [2.24, 2.45) is 11.5 Å². The predicted octanol–water partition coefficient (Wildman–Crippen LogP) is 4.13. The number of aromatic amines is 1. The van der Waals surface area contributed by atoms with E-state index >= 15 is 0 Å². The Bertz CT molecular complexity index is 1450. The Balaban J connectivity index is 1.94. The standard InChI is InChI=1S/C26H22N4O3/c1-3-23(31)29-21-9-5-8-17(14(21)2)18-10-11-19(26(28)33)24-20(18)13-22(30-24)15-6-4-7-16(12-15)25(27)32/h3-13,30H,1H2,2H3,(H2,27,32)(H2,28,33)(H,29,31). The van der Waals surface area contributed by atoms with Gasteiger partial charge in [-0.2, -0.15) is 0 Å². The number of H-pyrrole nitrogens is 1. The number of nitrogens with two attached hydrogens (primary N) is 2. The zero-order valence-electron chi connectivity index (χ0n) is 17.9. The number of nitrogens with one attached hydrogen (secondary N) is 2. The number of rotatable bonds is 6. The summed E-state index contributed by atoms with van der Waals surface area (Å²) in [7, 11) is 0. The quantitative estimate of drug-likeness (QED) is 0.338. The summed E-state index contributed by atoms with van der Waals surface area (Å²) in [6.45, 7) is 5.40. The summed E-state index contributed by atoms with van der Waals surface area (Å²) < 4.78 is 0. The molecule has 1 aromatic heterocycles. The Morgan fingerprint density at radius 2 is 1.70 bits per heavy atom. The minimum Gasteiger partial charge on any atom is -0.366 e. The summed E-state index contributed by atoms with van der Waals surface area (Å²) in [4.78, 5) is 38.8. The first kappa shape index (κ1) is 21.6. The van der Waals surface area contributed by atoms with Gasteiger partial charge in [-0.3, -0.25) is 14.4 Å². The zero-order valence-corrected chi connectivity index (χ0v) is 17.9. The molecule has 33 heavy (non-hydrogen) atoms. The summed E-state index contributed by atoms with van der Waals surface area (Å²) in [5, 5.41) is 3.59. The predicted molar refractivity (Wildman–Crippen MR) is 130 cm³/mol. The van der Waals surface area contributed by atoms with Crippen molar-refractivity contribution >= 4 is 34.3 Å². The highest BCUT2D eigenvalue weighted by molar-refractivity contribution is 6.11. The molecule has 7 heteroatoms. The van der Waals surface area contributed by atoms with Crippen molar-refractivity contribution in [2.45, 2.75) is 6.92 Å². The lowest BCUT2D eigenvalue weighted by Crippen LogP contribution is -2.11. The SMILES string of the molecule is C=CC(=O)Nc1cccc(-c2ccc(C(N)=O)c3[nH]c(-c4cccc(C(N)=O)c4)cc23)c1C. The molecule has 0 fully saturated rings. The fourth-order valence-electron chi connectivity index (χ4n) is 3.90. The molecule has 0 aliphatic rings. The van der Waals surface area contributed by atoms with E-state index in [-0.39, 0.29) is 5.91 Å². The molecule has 0 bridgehead atoms. The van der Waals surface area contributed by atoms with Gasteiger partial charge >= 0.3 is 0 Å². The Kier molecular flexibility index (Phi) is 5.54. The highest BCUT2D eigenvalue weighted by Crippen LogP contribution is 2.37. The third kappa shape index (κ3) is 3.99. The summed E-state index contributed by atoms with van der Waals surface area (Å²) in [6.07, 6.45) is 1.21. The van der Waals surface area contributed by atoms with Gasteiger partial charge in [-0.05, 0) is 65.6 Å². The van der Waals surface area contributed by atoms with E-state index in [1.807, 2.05) is 43.3 Å². The second-order valence-electron chi connectivity index (χ2n) is 7.61. The molecule has 0 atom stereocenters. The van der Waals surface area contributed by atoms with E-state index < -0.39 is 11.8 Å². The molecule has 0 aliphatic heterocycles. The molecule has 1 heterocycles. The van der Waals surface area contributed by atoms with Crippen molar-refractivity contribution in [3.8, 4) is 22.4 Å². The number of benzene rings is 3. The first-order chi connectivity index (χ1) is 15.8. The Morgan fingerprint density at radius 1 is 0.939 bits per heavy atom. The van der Waals surface area contributed by atoms with Crippen molar-refractivity contribution < 1.29 is 14.4 Å². The first-order valence-electron chi connectivity index (χ1n) is 10.2. The number of fused-ring (bicyclic) bond motifs is 1. The highest BCUT2D eigenvalue weighted by Gasteiger charge is 2.17. The van der Waals surface area contributed by atoms with Gasteiger partial charge < -0.3 is 21.8 Å². The fraction of sp³-hybridized carbons (Fsp3) is 0.0385. The Morgan fingerprint density at radius 3 is 2.39 bits per heavy atom. The number of carbonyl (C=O) groups is 3. The van der Waals surface area contributed by atoms with Crippen LogP contribution in [-0.2, 0) is 4.79 Å². The first-order valence-corrected chi connectivity index (χ1v) is 10.2. The van der Waals surface area contributed by atoms with E-state index in [1.165, 1.54) is 6.08 Å². The van der Waals surface area contributed by atoms with Crippen molar-refractivity contribution in [2.75, 3.05) is 5.32 Å². The number of aromatic nitrogens is 1. The normalized spacial score (nSPS) is 10.7. The number of hydrogen-bond acceptors (Lipinski definition) is 3. The minimum absolute atomic E-state index is 0.303. The lowest BCUT2D eigenvalue weighted by atomic mass is 9.94. The smallest absolute Gasteiger partial charge is 0.250 e. The van der Waals surface area contributed by atoms with Gasteiger partial charge in [0.2, 0.25) is 11.8 Å². The molecule has 7 nitrogen and oxygen atoms in total. The van der Waals surface area contributed by atoms with E-state index in [0.29, 0.717) is 28.0 Å². The molecule has 0 unspecified atom stereocenters. The van der Waals surface area contributed by atoms with Gasteiger partial charge in [0.25, 0.3) is 5.91 Å². The van der Waals surface area contributed by atoms with Crippen LogP contribution in [-0.4, -0.2) is 22.7 Å². The largest absolute Gasteiger partial charge is 0.366 e. The van der Waals surface area contributed by atoms with Crippen LogP contribution in [0.25, 0.3) is 33.3 Å². The second-order valence-corrected chi connectivity index (χ2v) is 7.61. The number of anilines is 1. The van der Waals surface area contributed by atoms with Crippen molar-refractivity contribution in [3.63, 3.8) is 0 Å². The molecule has 3 aromatic carbocycles. The topological polar surface area (TPSA) is 131 Å². The molecule has 0 spiro atoms. The maximum Gasteiger partial charge on any atom is 0.250 e. The van der Waals surface area contributed by atoms with E-state index in [9.17, 15) is 14.4 Å². The van der Waals surface area contributed by atoms with Crippen LogP contribution in [0, 0.1) is 6.92 Å². The number of carbonyl (C=O) groups excluding carboxylic acids is 3. The lowest BCUT2D eigenvalue weighted by Gasteiger charge is -2.13. The molecule has 0 radical (unpaired) electrons. The third-order valence-electron chi connectivity index (χ3n) is 5.58. The Hall–Kier alpha value is -4.65. The van der Waals surface area contributed by atoms with Crippen LogP contribution < -0.4 is 16.8 Å². The van der Waals surface area contributed by atoms with E-state index in [2.05, 4.69) is 16.9 Å². The molecule has 0 saturated carbocycles. The van der Waals surface area contributed by atoms with E-state index in [0.717, 1.165) is 27.6 Å². The average Bonchev–Trinajstić information content (AvgIpc) is 3.25. The summed E-state index contributed by atoms with van der Waals surface area (Å²) in [6, 6.07) is 17.9. The van der Waals surface area contributed by atoms with Crippen molar-refractivity contribution in [1.29, 1.82) is 0 Å². The van der Waals surface area contributed by atoms with Crippen LogP contribution in [0.15, 0.2) is 73.3 Å². The molecule has 4 rings (SSSR count). The van der Waals surface area contributed by atoms with Gasteiger partial charge in [-0.1, -0.05) is 36.9 Å². The average molecular weight is 438 g/mol. The minimum atomic E-state index is -0.561. The van der Waals surface area contributed by atoms with Crippen LogP contribution >= 0.6 is 0 Å². The van der Waals surface area contributed by atoms with Crippen molar-refractivity contribution in [3.05, 3.63) is 90.0 Å². The van der Waals surface area contributed by atoms with Crippen LogP contribution in [0.4, 0.5) is 5.69 Å². The lowest BCUT2D eigenvalue weighted by molar-refractivity contribution is -0.111. The van der Waals surface area contributed by atoms with Gasteiger partial charge in [-0.15, -0.1) is 0 Å². The molecule has 0 aliphatic carbocycles. The monoisotopic (exact) mass is 438 g/mol. The maximum absolute atomic E-state index is 12.1. The fourth-order valence-corrected chi connectivity index (χ4v) is 3.90. The summed E-state index contributed by atoms with van der Waals surface area (Å²) >= 11 is 0. The van der Waals surface area contributed by atoms with Gasteiger partial charge in [0, 0.05) is 22.3 Å². The molecule has 6 N–H and O–H groups in total. The van der Waals surface area contributed by atoms with Crippen LogP contribution in [0.1, 0.15) is 26.3 Å². The molecule has 0 saturated heterocycles. The molecular weight excluding hydrogens is 416 g/mol. The maximum atomic E-state index is 12.1. The van der Waals surface area contributed by atoms with Crippen LogP contribution in [0.2, 0.25) is 0 Å². The number of hydrogen-bond donors (Lipinski definition) is 4. The van der Waals surface area contributed by atoms with Crippen LogP contribution in [0.3, 0.4) is 0 Å². The number of primary amides is 2.